The number of aliphatic hydroxyl groups is 1. The first-order chi connectivity index (χ1) is 9.77. The summed E-state index contributed by atoms with van der Waals surface area (Å²) in [6.07, 6.45) is 1.51. The highest BCUT2D eigenvalue weighted by atomic mass is 35.5. The van der Waals surface area contributed by atoms with E-state index >= 15 is 0 Å². The number of aromatic nitrogens is 1. The van der Waals surface area contributed by atoms with E-state index in [0.717, 1.165) is 16.5 Å². The Kier molecular flexibility index (Phi) is 4.59. The Bertz CT molecular complexity index is 643. The minimum Gasteiger partial charge on any atom is -0.391 e. The molecule has 21 heavy (non-hydrogen) atoms. The first kappa shape index (κ1) is 15.9. The quantitative estimate of drug-likeness (QED) is 0.813. The number of nitrogens with one attached hydrogen (secondary N) is 2. The van der Waals surface area contributed by atoms with E-state index in [0.29, 0.717) is 5.02 Å². The van der Waals surface area contributed by atoms with Crippen LogP contribution in [-0.4, -0.2) is 28.6 Å². The number of aliphatic hydroxyl groups excluding tert-OH is 1. The number of fused-ring (bicyclic) bond motifs is 1. The topological polar surface area (TPSA) is 65.1 Å². The second kappa shape index (κ2) is 6.08. The van der Waals surface area contributed by atoms with Crippen LogP contribution in [0.15, 0.2) is 24.4 Å². The minimum atomic E-state index is -0.570. The van der Waals surface area contributed by atoms with Crippen molar-refractivity contribution in [1.82, 2.24) is 10.3 Å². The molecule has 1 atom stereocenters. The molecule has 1 aromatic heterocycles. The van der Waals surface area contributed by atoms with E-state index in [1.54, 1.807) is 0 Å². The van der Waals surface area contributed by atoms with E-state index in [1.165, 1.54) is 0 Å². The lowest BCUT2D eigenvalue weighted by molar-refractivity contribution is -0.121. The molecule has 5 heteroatoms. The van der Waals surface area contributed by atoms with E-state index < -0.39 is 6.10 Å². The Morgan fingerprint density at radius 3 is 2.81 bits per heavy atom. The van der Waals surface area contributed by atoms with Crippen LogP contribution in [0, 0.1) is 5.41 Å². The van der Waals surface area contributed by atoms with E-state index in [-0.39, 0.29) is 24.3 Å². The van der Waals surface area contributed by atoms with Gasteiger partial charge in [-0.05, 0) is 29.2 Å². The van der Waals surface area contributed by atoms with Crippen LogP contribution in [0.2, 0.25) is 5.02 Å². The zero-order valence-electron chi connectivity index (χ0n) is 12.5. The molecule has 0 saturated heterocycles. The van der Waals surface area contributed by atoms with E-state index in [4.69, 9.17) is 11.6 Å². The summed E-state index contributed by atoms with van der Waals surface area (Å²) >= 11 is 5.99. The van der Waals surface area contributed by atoms with Crippen molar-refractivity contribution in [2.45, 2.75) is 33.3 Å². The van der Waals surface area contributed by atoms with Crippen LogP contribution in [0.4, 0.5) is 0 Å². The number of benzene rings is 1. The van der Waals surface area contributed by atoms with Crippen molar-refractivity contribution in [3.63, 3.8) is 0 Å². The first-order valence-electron chi connectivity index (χ1n) is 6.97. The average Bonchev–Trinajstić information content (AvgIpc) is 2.77. The first-order valence-corrected chi connectivity index (χ1v) is 7.35. The monoisotopic (exact) mass is 308 g/mol. The van der Waals surface area contributed by atoms with Gasteiger partial charge in [-0.3, -0.25) is 4.79 Å². The lowest BCUT2D eigenvalue weighted by atomic mass is 9.89. The summed E-state index contributed by atoms with van der Waals surface area (Å²) in [5.41, 5.74) is 1.61. The van der Waals surface area contributed by atoms with Crippen LogP contribution >= 0.6 is 11.6 Å². The lowest BCUT2D eigenvalue weighted by Gasteiger charge is -2.25. The maximum absolute atomic E-state index is 12.0. The fraction of sp³-hybridized carbons (Fsp3) is 0.438. The number of hydrogen-bond donors (Lipinski definition) is 3. The van der Waals surface area contributed by atoms with Crippen LogP contribution in [0.5, 0.6) is 0 Å². The smallest absolute Gasteiger partial charge is 0.224 e. The van der Waals surface area contributed by atoms with Crippen LogP contribution in [0.1, 0.15) is 26.3 Å². The zero-order valence-corrected chi connectivity index (χ0v) is 13.3. The van der Waals surface area contributed by atoms with Crippen LogP contribution in [0.3, 0.4) is 0 Å². The molecule has 4 nitrogen and oxygen atoms in total. The molecule has 1 heterocycles. The molecular formula is C16H21ClN2O2. The SMILES string of the molecule is CC(C)(C)C(O)CNC(=O)Cc1c[nH]c2ccc(Cl)cc12. The zero-order chi connectivity index (χ0) is 15.6. The Balaban J connectivity index is 2.00. The van der Waals surface area contributed by atoms with Gasteiger partial charge in [-0.25, -0.2) is 0 Å². The van der Waals surface area contributed by atoms with Crippen molar-refractivity contribution in [3.8, 4) is 0 Å². The second-order valence-corrected chi connectivity index (χ2v) is 6.80. The Hall–Kier alpha value is -1.52. The van der Waals surface area contributed by atoms with Gasteiger partial charge in [0.2, 0.25) is 5.91 Å². The van der Waals surface area contributed by atoms with Crippen molar-refractivity contribution in [1.29, 1.82) is 0 Å². The summed E-state index contributed by atoms with van der Waals surface area (Å²) in [4.78, 5) is 15.1. The van der Waals surface area contributed by atoms with Gasteiger partial charge in [0, 0.05) is 28.7 Å². The van der Waals surface area contributed by atoms with Gasteiger partial charge in [-0.15, -0.1) is 0 Å². The molecule has 0 radical (unpaired) electrons. The number of rotatable bonds is 4. The van der Waals surface area contributed by atoms with Crippen molar-refractivity contribution >= 4 is 28.4 Å². The highest BCUT2D eigenvalue weighted by Gasteiger charge is 2.22. The second-order valence-electron chi connectivity index (χ2n) is 6.37. The van der Waals surface area contributed by atoms with E-state index in [9.17, 15) is 9.90 Å². The number of amides is 1. The maximum Gasteiger partial charge on any atom is 0.224 e. The summed E-state index contributed by atoms with van der Waals surface area (Å²) in [5, 5.41) is 14.3. The number of halogens is 1. The normalized spacial score (nSPS) is 13.4. The third-order valence-corrected chi connectivity index (χ3v) is 3.81. The van der Waals surface area contributed by atoms with Crippen molar-refractivity contribution in [3.05, 3.63) is 35.0 Å². The van der Waals surface area contributed by atoms with Gasteiger partial charge in [0.05, 0.1) is 12.5 Å². The summed E-state index contributed by atoms with van der Waals surface area (Å²) in [5.74, 6) is -0.112. The predicted molar refractivity (Wildman–Crippen MR) is 85.5 cm³/mol. The molecule has 2 aromatic rings. The van der Waals surface area contributed by atoms with Crippen LogP contribution in [0.25, 0.3) is 10.9 Å². The minimum absolute atomic E-state index is 0.112. The van der Waals surface area contributed by atoms with E-state index in [2.05, 4.69) is 10.3 Å². The summed E-state index contributed by atoms with van der Waals surface area (Å²) in [6, 6.07) is 5.55. The summed E-state index contributed by atoms with van der Waals surface area (Å²) in [6.45, 7) is 6.06. The number of carbonyl (C=O) groups is 1. The Labute approximate surface area is 129 Å². The number of H-pyrrole nitrogens is 1. The standard InChI is InChI=1S/C16H21ClN2O2/c1-16(2,3)14(20)9-19-15(21)6-10-8-18-13-5-4-11(17)7-12(10)13/h4-5,7-8,14,18,20H,6,9H2,1-3H3,(H,19,21). The number of carbonyl (C=O) groups excluding carboxylic acids is 1. The molecule has 114 valence electrons. The molecular weight excluding hydrogens is 288 g/mol. The van der Waals surface area contributed by atoms with Crippen LogP contribution in [-0.2, 0) is 11.2 Å². The van der Waals surface area contributed by atoms with Crippen LogP contribution < -0.4 is 5.32 Å². The Morgan fingerprint density at radius 2 is 2.14 bits per heavy atom. The highest BCUT2D eigenvalue weighted by molar-refractivity contribution is 6.31. The van der Waals surface area contributed by atoms with Gasteiger partial charge in [-0.2, -0.15) is 0 Å². The molecule has 0 aliphatic carbocycles. The third kappa shape index (κ3) is 3.99. The van der Waals surface area contributed by atoms with Gasteiger partial charge in [0.1, 0.15) is 0 Å². The molecule has 1 unspecified atom stereocenters. The maximum atomic E-state index is 12.0. The summed E-state index contributed by atoms with van der Waals surface area (Å²) in [7, 11) is 0. The fourth-order valence-corrected chi connectivity index (χ4v) is 2.22. The number of aromatic amines is 1. The van der Waals surface area contributed by atoms with Gasteiger partial charge < -0.3 is 15.4 Å². The van der Waals surface area contributed by atoms with Gasteiger partial charge in [-0.1, -0.05) is 32.4 Å². The average molecular weight is 309 g/mol. The molecule has 2 rings (SSSR count). The largest absolute Gasteiger partial charge is 0.391 e. The fourth-order valence-electron chi connectivity index (χ4n) is 2.05. The molecule has 0 fully saturated rings. The van der Waals surface area contributed by atoms with Crippen molar-refractivity contribution < 1.29 is 9.90 Å². The molecule has 0 spiro atoms. The summed E-state index contributed by atoms with van der Waals surface area (Å²) < 4.78 is 0. The molecule has 0 saturated carbocycles. The molecule has 0 aliphatic rings. The lowest BCUT2D eigenvalue weighted by Crippen LogP contribution is -2.39. The van der Waals surface area contributed by atoms with E-state index in [1.807, 2.05) is 45.2 Å². The van der Waals surface area contributed by atoms with Gasteiger partial charge in [0.15, 0.2) is 0 Å². The Morgan fingerprint density at radius 1 is 1.43 bits per heavy atom. The highest BCUT2D eigenvalue weighted by Crippen LogP contribution is 2.23. The molecule has 1 amide bonds. The predicted octanol–water partition coefficient (Wildman–Crippen LogP) is 2.89. The molecule has 3 N–H and O–H groups in total. The molecule has 0 bridgehead atoms. The van der Waals surface area contributed by atoms with Crippen molar-refractivity contribution in [2.24, 2.45) is 5.41 Å². The van der Waals surface area contributed by atoms with Gasteiger partial charge in [0.25, 0.3) is 0 Å². The molecule has 1 aromatic carbocycles. The molecule has 0 aliphatic heterocycles. The number of hydrogen-bond acceptors (Lipinski definition) is 2. The van der Waals surface area contributed by atoms with Crippen molar-refractivity contribution in [2.75, 3.05) is 6.54 Å². The van der Waals surface area contributed by atoms with Gasteiger partial charge >= 0.3 is 0 Å². The third-order valence-electron chi connectivity index (χ3n) is 3.57.